The lowest BCUT2D eigenvalue weighted by atomic mass is 10.4. The van der Waals surface area contributed by atoms with Crippen molar-refractivity contribution < 1.29 is 0 Å². The normalized spacial score (nSPS) is 11.0. The maximum atomic E-state index is 3.87. The van der Waals surface area contributed by atoms with Gasteiger partial charge in [-0.3, -0.25) is 0 Å². The van der Waals surface area contributed by atoms with E-state index in [1.807, 2.05) is 0 Å². The minimum Gasteiger partial charge on any atom is -0.103 e. The molecule has 2 aromatic rings. The quantitative estimate of drug-likeness (QED) is 0.372. The Balaban J connectivity index is 2.05. The molecular weight excluding hydrogens is 287 g/mol. The highest BCUT2D eigenvalue weighted by Gasteiger charge is 2.13. The van der Waals surface area contributed by atoms with Crippen molar-refractivity contribution in [2.75, 3.05) is 6.16 Å². The van der Waals surface area contributed by atoms with Gasteiger partial charge in [0.05, 0.1) is 0 Å². The standard InChI is InChI=1S/C19H24PSi/c1-3-16-21(2)17-10-15-20(18-11-6-4-7-12-18)19-13-8-5-9-14-19/h3-9,11-14H,1,10,15-17H2,2H3. The van der Waals surface area contributed by atoms with Crippen LogP contribution in [0.25, 0.3) is 0 Å². The Morgan fingerprint density at radius 2 is 1.48 bits per heavy atom. The summed E-state index contributed by atoms with van der Waals surface area (Å²) in [5.41, 5.74) is 0. The number of benzene rings is 2. The maximum absolute atomic E-state index is 3.87. The van der Waals surface area contributed by atoms with Crippen molar-refractivity contribution in [3.63, 3.8) is 0 Å². The summed E-state index contributed by atoms with van der Waals surface area (Å²) in [6.07, 6.45) is 4.74. The lowest BCUT2D eigenvalue weighted by molar-refractivity contribution is 1.07. The van der Waals surface area contributed by atoms with Crippen LogP contribution in [0.3, 0.4) is 0 Å². The second-order valence-electron chi connectivity index (χ2n) is 5.38. The van der Waals surface area contributed by atoms with E-state index in [0.29, 0.717) is 0 Å². The molecule has 0 aromatic heterocycles. The second kappa shape index (κ2) is 8.97. The van der Waals surface area contributed by atoms with Crippen molar-refractivity contribution in [3.8, 4) is 0 Å². The van der Waals surface area contributed by atoms with Crippen LogP contribution >= 0.6 is 7.92 Å². The monoisotopic (exact) mass is 311 g/mol. The van der Waals surface area contributed by atoms with Crippen LogP contribution in [0.4, 0.5) is 0 Å². The average molecular weight is 311 g/mol. The van der Waals surface area contributed by atoms with Gasteiger partial charge in [0.15, 0.2) is 0 Å². The van der Waals surface area contributed by atoms with Gasteiger partial charge in [-0.25, -0.2) is 0 Å². The van der Waals surface area contributed by atoms with Gasteiger partial charge in [0.1, 0.15) is 0 Å². The van der Waals surface area contributed by atoms with E-state index < -0.39 is 0 Å². The third kappa shape index (κ3) is 5.26. The highest BCUT2D eigenvalue weighted by molar-refractivity contribution is 7.73. The van der Waals surface area contributed by atoms with Gasteiger partial charge >= 0.3 is 0 Å². The molecule has 0 nitrogen and oxygen atoms in total. The first-order valence-electron chi connectivity index (χ1n) is 7.61. The van der Waals surface area contributed by atoms with E-state index >= 15 is 0 Å². The predicted octanol–water partition coefficient (Wildman–Crippen LogP) is 4.82. The first-order chi connectivity index (χ1) is 10.3. The molecular formula is C19H24PSi. The fraction of sp³-hybridized carbons (Fsp3) is 0.263. The van der Waals surface area contributed by atoms with Gasteiger partial charge in [0, 0.05) is 8.80 Å². The summed E-state index contributed by atoms with van der Waals surface area (Å²) in [6, 6.07) is 24.7. The molecule has 0 fully saturated rings. The molecule has 0 N–H and O–H groups in total. The van der Waals surface area contributed by atoms with Crippen molar-refractivity contribution in [1.82, 2.24) is 0 Å². The SMILES string of the molecule is C=CC[Si](C)CCCP(c1ccccc1)c1ccccc1. The summed E-state index contributed by atoms with van der Waals surface area (Å²) < 4.78 is 0. The molecule has 0 atom stereocenters. The largest absolute Gasteiger partial charge is 0.103 e. The highest BCUT2D eigenvalue weighted by atomic mass is 31.1. The highest BCUT2D eigenvalue weighted by Crippen LogP contribution is 2.34. The Kier molecular flexibility index (Phi) is 6.92. The van der Waals surface area contributed by atoms with Crippen LogP contribution in [0.1, 0.15) is 6.42 Å². The van der Waals surface area contributed by atoms with Crippen LogP contribution in [-0.4, -0.2) is 15.0 Å². The molecule has 0 unspecified atom stereocenters. The number of hydrogen-bond donors (Lipinski definition) is 0. The Labute approximate surface area is 132 Å². The molecule has 0 heterocycles. The zero-order valence-corrected chi connectivity index (χ0v) is 14.7. The summed E-state index contributed by atoms with van der Waals surface area (Å²) in [4.78, 5) is 0. The molecule has 0 aliphatic heterocycles. The predicted molar refractivity (Wildman–Crippen MR) is 100.0 cm³/mol. The lowest BCUT2D eigenvalue weighted by Gasteiger charge is -2.19. The van der Waals surface area contributed by atoms with Gasteiger partial charge in [-0.05, 0) is 30.7 Å². The first-order valence-corrected chi connectivity index (χ1v) is 11.5. The van der Waals surface area contributed by atoms with E-state index in [9.17, 15) is 0 Å². The van der Waals surface area contributed by atoms with Crippen molar-refractivity contribution in [1.29, 1.82) is 0 Å². The molecule has 0 aliphatic carbocycles. The third-order valence-electron chi connectivity index (χ3n) is 3.61. The van der Waals surface area contributed by atoms with E-state index in [1.54, 1.807) is 0 Å². The Morgan fingerprint density at radius 1 is 0.952 bits per heavy atom. The first kappa shape index (κ1) is 16.2. The van der Waals surface area contributed by atoms with Gasteiger partial charge in [-0.1, -0.05) is 85.8 Å². The topological polar surface area (TPSA) is 0 Å². The molecule has 0 amide bonds. The molecule has 1 radical (unpaired) electrons. The van der Waals surface area contributed by atoms with Crippen molar-refractivity contribution in [2.24, 2.45) is 0 Å². The molecule has 2 aromatic carbocycles. The van der Waals surface area contributed by atoms with Gasteiger partial charge in [-0.2, -0.15) is 0 Å². The van der Waals surface area contributed by atoms with E-state index in [0.717, 1.165) is 0 Å². The molecule has 0 saturated carbocycles. The number of hydrogen-bond acceptors (Lipinski definition) is 0. The summed E-state index contributed by atoms with van der Waals surface area (Å²) in [6.45, 7) is 6.30. The summed E-state index contributed by atoms with van der Waals surface area (Å²) in [5, 5.41) is 3.01. The zero-order valence-electron chi connectivity index (χ0n) is 12.8. The Bertz CT molecular complexity index is 484. The van der Waals surface area contributed by atoms with Crippen molar-refractivity contribution in [3.05, 3.63) is 73.3 Å². The van der Waals surface area contributed by atoms with Crippen molar-refractivity contribution >= 4 is 27.3 Å². The molecule has 0 bridgehead atoms. The summed E-state index contributed by atoms with van der Waals surface area (Å²) in [5.74, 6) is 0. The van der Waals surface area contributed by atoms with Crippen LogP contribution < -0.4 is 10.6 Å². The Morgan fingerprint density at radius 3 is 1.95 bits per heavy atom. The molecule has 0 aliphatic rings. The smallest absolute Gasteiger partial charge is 0.0485 e. The lowest BCUT2D eigenvalue weighted by Crippen LogP contribution is -2.15. The van der Waals surface area contributed by atoms with Crippen LogP contribution in [-0.2, 0) is 0 Å². The van der Waals surface area contributed by atoms with Crippen LogP contribution in [0, 0.1) is 0 Å². The van der Waals surface area contributed by atoms with Gasteiger partial charge in [-0.15, -0.1) is 6.58 Å². The van der Waals surface area contributed by atoms with Crippen LogP contribution in [0.5, 0.6) is 0 Å². The van der Waals surface area contributed by atoms with Crippen molar-refractivity contribution in [2.45, 2.75) is 25.1 Å². The molecule has 109 valence electrons. The number of rotatable bonds is 8. The molecule has 21 heavy (non-hydrogen) atoms. The zero-order chi connectivity index (χ0) is 14.9. The molecule has 2 rings (SSSR count). The fourth-order valence-corrected chi connectivity index (χ4v) is 6.64. The average Bonchev–Trinajstić information content (AvgIpc) is 2.53. The summed E-state index contributed by atoms with van der Waals surface area (Å²) in [7, 11) is -0.407. The van der Waals surface area contributed by atoms with Gasteiger partial charge in [0.2, 0.25) is 0 Å². The second-order valence-corrected chi connectivity index (χ2v) is 10.5. The maximum Gasteiger partial charge on any atom is 0.0485 e. The van der Waals surface area contributed by atoms with Crippen LogP contribution in [0.15, 0.2) is 73.3 Å². The van der Waals surface area contributed by atoms with E-state index in [-0.39, 0.29) is 16.7 Å². The molecule has 0 saturated heterocycles. The summed E-state index contributed by atoms with van der Waals surface area (Å²) >= 11 is 0. The third-order valence-corrected chi connectivity index (χ3v) is 8.41. The fourth-order valence-electron chi connectivity index (χ4n) is 2.51. The molecule has 2 heteroatoms. The molecule has 0 spiro atoms. The van der Waals surface area contributed by atoms with E-state index in [2.05, 4.69) is 79.9 Å². The van der Waals surface area contributed by atoms with E-state index in [1.165, 1.54) is 35.3 Å². The number of allylic oxidation sites excluding steroid dienone is 1. The minimum atomic E-state index is -0.207. The van der Waals surface area contributed by atoms with Gasteiger partial charge in [0.25, 0.3) is 0 Å². The minimum absolute atomic E-state index is 0.200. The van der Waals surface area contributed by atoms with Gasteiger partial charge < -0.3 is 0 Å². The van der Waals surface area contributed by atoms with E-state index in [4.69, 9.17) is 0 Å². The Hall–Kier alpha value is -1.17. The van der Waals surface area contributed by atoms with Crippen LogP contribution in [0.2, 0.25) is 18.6 Å².